The van der Waals surface area contributed by atoms with E-state index in [1.165, 1.54) is 6.08 Å². The summed E-state index contributed by atoms with van der Waals surface area (Å²) in [6.07, 6.45) is 6.06. The van der Waals surface area contributed by atoms with Gasteiger partial charge in [-0.25, -0.2) is 9.78 Å². The summed E-state index contributed by atoms with van der Waals surface area (Å²) in [5, 5.41) is 13.0. The molecule has 23 heavy (non-hydrogen) atoms. The van der Waals surface area contributed by atoms with Crippen LogP contribution in [0.3, 0.4) is 0 Å². The van der Waals surface area contributed by atoms with E-state index in [-0.39, 0.29) is 18.1 Å². The monoisotopic (exact) mass is 320 g/mol. The lowest BCUT2D eigenvalue weighted by Gasteiger charge is -2.27. The second-order valence-corrected chi connectivity index (χ2v) is 5.66. The van der Waals surface area contributed by atoms with Crippen LogP contribution in [-0.2, 0) is 9.53 Å². The number of carbonyl (C=O) groups excluding carboxylic acids is 1. The fraction of sp³-hybridized carbons (Fsp3) is 0.562. The Balaban J connectivity index is 2.18. The van der Waals surface area contributed by atoms with Crippen molar-refractivity contribution in [3.05, 3.63) is 17.3 Å². The number of ether oxygens (including phenoxy) is 1. The smallest absolute Gasteiger partial charge is 0.330 e. The van der Waals surface area contributed by atoms with Gasteiger partial charge in [-0.05, 0) is 45.6 Å². The molecular formula is C16H24N4O3. The molecule has 126 valence electrons. The molecule has 0 aliphatic heterocycles. The maximum absolute atomic E-state index is 11.5. The first-order valence-corrected chi connectivity index (χ1v) is 7.93. The molecule has 1 saturated carbocycles. The largest absolute Gasteiger partial charge is 0.463 e. The van der Waals surface area contributed by atoms with Crippen molar-refractivity contribution >= 4 is 23.8 Å². The summed E-state index contributed by atoms with van der Waals surface area (Å²) in [7, 11) is 0. The minimum absolute atomic E-state index is 0.189. The van der Waals surface area contributed by atoms with Crippen molar-refractivity contribution in [1.82, 2.24) is 9.97 Å². The number of aliphatic hydroxyl groups is 1. The van der Waals surface area contributed by atoms with E-state index in [2.05, 4.69) is 15.3 Å². The van der Waals surface area contributed by atoms with Gasteiger partial charge in [-0.2, -0.15) is 4.98 Å². The molecule has 0 saturated heterocycles. The van der Waals surface area contributed by atoms with Gasteiger partial charge in [0.1, 0.15) is 5.82 Å². The van der Waals surface area contributed by atoms with Crippen molar-refractivity contribution in [3.63, 3.8) is 0 Å². The SMILES string of the molecule is CCOC(=O)C=Cc1c(C)nc(N)nc1NC1CCC(O)CC1. The van der Waals surface area contributed by atoms with E-state index >= 15 is 0 Å². The van der Waals surface area contributed by atoms with Crippen LogP contribution in [0.1, 0.15) is 43.9 Å². The number of hydrogen-bond donors (Lipinski definition) is 3. The minimum Gasteiger partial charge on any atom is -0.463 e. The number of nitrogens with one attached hydrogen (secondary N) is 1. The van der Waals surface area contributed by atoms with Gasteiger partial charge in [-0.1, -0.05) is 0 Å². The third kappa shape index (κ3) is 4.92. The van der Waals surface area contributed by atoms with Gasteiger partial charge in [0, 0.05) is 17.7 Å². The van der Waals surface area contributed by atoms with Crippen LogP contribution < -0.4 is 11.1 Å². The van der Waals surface area contributed by atoms with Gasteiger partial charge in [-0.15, -0.1) is 0 Å². The number of rotatable bonds is 5. The molecule has 1 heterocycles. The first-order valence-electron chi connectivity index (χ1n) is 7.93. The zero-order chi connectivity index (χ0) is 16.8. The molecule has 1 aliphatic carbocycles. The Morgan fingerprint density at radius 1 is 1.39 bits per heavy atom. The molecule has 2 rings (SSSR count). The molecule has 7 heteroatoms. The average Bonchev–Trinajstić information content (AvgIpc) is 2.49. The number of anilines is 2. The van der Waals surface area contributed by atoms with Crippen LogP contribution in [0.15, 0.2) is 6.08 Å². The van der Waals surface area contributed by atoms with E-state index in [0.717, 1.165) is 31.2 Å². The fourth-order valence-corrected chi connectivity index (χ4v) is 2.67. The summed E-state index contributed by atoms with van der Waals surface area (Å²) in [6.45, 7) is 3.91. The molecule has 4 N–H and O–H groups in total. The number of nitrogen functional groups attached to an aromatic ring is 1. The van der Waals surface area contributed by atoms with Crippen molar-refractivity contribution in [2.45, 2.75) is 51.7 Å². The van der Waals surface area contributed by atoms with Crippen LogP contribution in [-0.4, -0.2) is 39.8 Å². The molecule has 0 atom stereocenters. The number of esters is 1. The van der Waals surface area contributed by atoms with Gasteiger partial charge >= 0.3 is 5.97 Å². The molecule has 0 amide bonds. The highest BCUT2D eigenvalue weighted by atomic mass is 16.5. The van der Waals surface area contributed by atoms with Crippen molar-refractivity contribution < 1.29 is 14.6 Å². The first-order chi connectivity index (χ1) is 11.0. The third-order valence-electron chi connectivity index (χ3n) is 3.86. The maximum atomic E-state index is 11.5. The number of nitrogens with two attached hydrogens (primary N) is 1. The lowest BCUT2D eigenvalue weighted by molar-refractivity contribution is -0.137. The van der Waals surface area contributed by atoms with Gasteiger partial charge in [0.15, 0.2) is 0 Å². The summed E-state index contributed by atoms with van der Waals surface area (Å²) in [6, 6.07) is 0.224. The van der Waals surface area contributed by atoms with Crippen molar-refractivity contribution in [2.24, 2.45) is 0 Å². The van der Waals surface area contributed by atoms with E-state index in [4.69, 9.17) is 10.5 Å². The van der Waals surface area contributed by atoms with Crippen LogP contribution in [0.4, 0.5) is 11.8 Å². The average molecular weight is 320 g/mol. The molecule has 1 aliphatic rings. The van der Waals surface area contributed by atoms with Gasteiger partial charge < -0.3 is 20.9 Å². The lowest BCUT2D eigenvalue weighted by atomic mass is 9.93. The predicted octanol–water partition coefficient (Wildman–Crippen LogP) is 1.66. The van der Waals surface area contributed by atoms with Crippen LogP contribution in [0.2, 0.25) is 0 Å². The van der Waals surface area contributed by atoms with E-state index in [0.29, 0.717) is 18.1 Å². The molecule has 1 fully saturated rings. The number of nitrogens with zero attached hydrogens (tertiary/aromatic N) is 2. The zero-order valence-electron chi connectivity index (χ0n) is 13.6. The second-order valence-electron chi connectivity index (χ2n) is 5.66. The van der Waals surface area contributed by atoms with Crippen LogP contribution in [0.25, 0.3) is 6.08 Å². The second kappa shape index (κ2) is 7.92. The van der Waals surface area contributed by atoms with Crippen molar-refractivity contribution in [1.29, 1.82) is 0 Å². The summed E-state index contributed by atoms with van der Waals surface area (Å²) in [4.78, 5) is 19.9. The Hall–Kier alpha value is -2.15. The first kappa shape index (κ1) is 17.2. The Bertz CT molecular complexity index is 581. The van der Waals surface area contributed by atoms with Crippen molar-refractivity contribution in [2.75, 3.05) is 17.7 Å². The third-order valence-corrected chi connectivity index (χ3v) is 3.86. The molecule has 0 radical (unpaired) electrons. The van der Waals surface area contributed by atoms with Gasteiger partial charge in [-0.3, -0.25) is 0 Å². The molecule has 0 aromatic carbocycles. The lowest BCUT2D eigenvalue weighted by Crippen LogP contribution is -2.29. The highest BCUT2D eigenvalue weighted by molar-refractivity contribution is 5.88. The van der Waals surface area contributed by atoms with E-state index < -0.39 is 5.97 Å². The highest BCUT2D eigenvalue weighted by Crippen LogP contribution is 2.25. The molecule has 1 aromatic rings. The Labute approximate surface area is 136 Å². The van der Waals surface area contributed by atoms with E-state index in [1.54, 1.807) is 13.0 Å². The van der Waals surface area contributed by atoms with Gasteiger partial charge in [0.25, 0.3) is 0 Å². The van der Waals surface area contributed by atoms with Gasteiger partial charge in [0.2, 0.25) is 5.95 Å². The molecule has 1 aromatic heterocycles. The number of carbonyl (C=O) groups is 1. The quantitative estimate of drug-likeness (QED) is 0.559. The summed E-state index contributed by atoms with van der Waals surface area (Å²) < 4.78 is 4.89. The Morgan fingerprint density at radius 3 is 2.74 bits per heavy atom. The summed E-state index contributed by atoms with van der Waals surface area (Å²) in [5.41, 5.74) is 7.15. The maximum Gasteiger partial charge on any atom is 0.330 e. The zero-order valence-corrected chi connectivity index (χ0v) is 13.6. The molecule has 7 nitrogen and oxygen atoms in total. The molecular weight excluding hydrogens is 296 g/mol. The molecule has 0 bridgehead atoms. The predicted molar refractivity (Wildman–Crippen MR) is 88.7 cm³/mol. The number of aliphatic hydroxyl groups excluding tert-OH is 1. The summed E-state index contributed by atoms with van der Waals surface area (Å²) in [5.74, 6) is 0.390. The molecule has 0 unspecified atom stereocenters. The van der Waals surface area contributed by atoms with Crippen LogP contribution in [0.5, 0.6) is 0 Å². The van der Waals surface area contributed by atoms with E-state index in [1.807, 2.05) is 6.92 Å². The Kier molecular flexibility index (Phi) is 5.92. The summed E-state index contributed by atoms with van der Waals surface area (Å²) >= 11 is 0. The standard InChI is InChI=1S/C16H24N4O3/c1-3-23-14(22)9-8-13-10(2)18-16(17)20-15(13)19-11-4-6-12(21)7-5-11/h8-9,11-12,21H,3-7H2,1-2H3,(H3,17,18,19,20). The van der Waals surface area contributed by atoms with Crippen LogP contribution in [0, 0.1) is 6.92 Å². The number of hydrogen-bond acceptors (Lipinski definition) is 7. The fourth-order valence-electron chi connectivity index (χ4n) is 2.67. The van der Waals surface area contributed by atoms with Gasteiger partial charge in [0.05, 0.1) is 18.4 Å². The van der Waals surface area contributed by atoms with Crippen LogP contribution >= 0.6 is 0 Å². The molecule has 0 spiro atoms. The Morgan fingerprint density at radius 2 is 2.09 bits per heavy atom. The number of aryl methyl sites for hydroxylation is 1. The van der Waals surface area contributed by atoms with Crippen molar-refractivity contribution in [3.8, 4) is 0 Å². The van der Waals surface area contributed by atoms with E-state index in [9.17, 15) is 9.90 Å². The highest BCUT2D eigenvalue weighted by Gasteiger charge is 2.21. The minimum atomic E-state index is -0.407. The topological polar surface area (TPSA) is 110 Å². The number of aromatic nitrogens is 2. The normalized spacial score (nSPS) is 21.3.